The SMILES string of the molecule is Cc1ncc(C(N)CCc2ccccc2)s1. The van der Waals surface area contributed by atoms with Gasteiger partial charge in [0.1, 0.15) is 0 Å². The largest absolute Gasteiger partial charge is 0.323 e. The van der Waals surface area contributed by atoms with Gasteiger partial charge < -0.3 is 5.73 Å². The summed E-state index contributed by atoms with van der Waals surface area (Å²) in [5, 5.41) is 1.09. The normalized spacial score (nSPS) is 12.6. The molecular weight excluding hydrogens is 216 g/mol. The van der Waals surface area contributed by atoms with E-state index in [4.69, 9.17) is 5.73 Å². The first-order valence-corrected chi connectivity index (χ1v) is 6.29. The van der Waals surface area contributed by atoms with Crippen LogP contribution < -0.4 is 5.73 Å². The van der Waals surface area contributed by atoms with E-state index in [2.05, 4.69) is 29.2 Å². The van der Waals surface area contributed by atoms with Gasteiger partial charge in [-0.25, -0.2) is 4.98 Å². The lowest BCUT2D eigenvalue weighted by Gasteiger charge is -2.08. The number of nitrogens with zero attached hydrogens (tertiary/aromatic N) is 1. The summed E-state index contributed by atoms with van der Waals surface area (Å²) in [6.45, 7) is 2.01. The van der Waals surface area contributed by atoms with Gasteiger partial charge in [0.2, 0.25) is 0 Å². The zero-order chi connectivity index (χ0) is 11.4. The second kappa shape index (κ2) is 5.23. The van der Waals surface area contributed by atoms with Crippen LogP contribution in [0.4, 0.5) is 0 Å². The van der Waals surface area contributed by atoms with Gasteiger partial charge in [0, 0.05) is 17.1 Å². The predicted molar refractivity (Wildman–Crippen MR) is 68.5 cm³/mol. The van der Waals surface area contributed by atoms with Gasteiger partial charge in [-0.05, 0) is 25.3 Å². The van der Waals surface area contributed by atoms with E-state index in [0.29, 0.717) is 0 Å². The van der Waals surface area contributed by atoms with Crippen LogP contribution in [0.25, 0.3) is 0 Å². The van der Waals surface area contributed by atoms with Crippen molar-refractivity contribution in [3.63, 3.8) is 0 Å². The van der Waals surface area contributed by atoms with E-state index in [0.717, 1.165) is 17.8 Å². The van der Waals surface area contributed by atoms with Crippen LogP contribution in [-0.2, 0) is 6.42 Å². The monoisotopic (exact) mass is 232 g/mol. The van der Waals surface area contributed by atoms with Crippen LogP contribution in [0.2, 0.25) is 0 Å². The molecule has 0 aliphatic heterocycles. The maximum Gasteiger partial charge on any atom is 0.0897 e. The molecular formula is C13H16N2S. The molecule has 0 saturated heterocycles. The number of benzene rings is 1. The molecule has 1 aromatic carbocycles. The average Bonchev–Trinajstić information content (AvgIpc) is 2.74. The lowest BCUT2D eigenvalue weighted by atomic mass is 10.1. The first-order valence-electron chi connectivity index (χ1n) is 5.47. The second-order valence-corrected chi connectivity index (χ2v) is 5.18. The summed E-state index contributed by atoms with van der Waals surface area (Å²) in [5.41, 5.74) is 7.47. The minimum atomic E-state index is 0.117. The molecule has 0 radical (unpaired) electrons. The number of aromatic nitrogens is 1. The van der Waals surface area contributed by atoms with Crippen molar-refractivity contribution < 1.29 is 0 Å². The fraction of sp³-hybridized carbons (Fsp3) is 0.308. The molecule has 0 fully saturated rings. The quantitative estimate of drug-likeness (QED) is 0.879. The van der Waals surface area contributed by atoms with Gasteiger partial charge in [-0.3, -0.25) is 0 Å². The van der Waals surface area contributed by atoms with Crippen LogP contribution in [0.5, 0.6) is 0 Å². The Morgan fingerprint density at radius 3 is 2.69 bits per heavy atom. The lowest BCUT2D eigenvalue weighted by Crippen LogP contribution is -2.09. The molecule has 0 aliphatic carbocycles. The van der Waals surface area contributed by atoms with Crippen molar-refractivity contribution >= 4 is 11.3 Å². The standard InChI is InChI=1S/C13H16N2S/c1-10-15-9-13(16-10)12(14)8-7-11-5-3-2-4-6-11/h2-6,9,12H,7-8,14H2,1H3. The Kier molecular flexibility index (Phi) is 3.70. The second-order valence-electron chi connectivity index (χ2n) is 3.91. The number of thiazole rings is 1. The topological polar surface area (TPSA) is 38.9 Å². The molecule has 0 saturated carbocycles. The summed E-state index contributed by atoms with van der Waals surface area (Å²) >= 11 is 1.69. The number of aryl methyl sites for hydroxylation is 2. The zero-order valence-corrected chi connectivity index (χ0v) is 10.2. The van der Waals surface area contributed by atoms with Crippen LogP contribution in [0.15, 0.2) is 36.5 Å². The minimum Gasteiger partial charge on any atom is -0.323 e. The molecule has 84 valence electrons. The van der Waals surface area contributed by atoms with Crippen LogP contribution in [-0.4, -0.2) is 4.98 Å². The van der Waals surface area contributed by atoms with Crippen molar-refractivity contribution in [1.29, 1.82) is 0 Å². The predicted octanol–water partition coefficient (Wildman–Crippen LogP) is 3.08. The molecule has 16 heavy (non-hydrogen) atoms. The molecule has 0 aliphatic rings. The third-order valence-corrected chi connectivity index (χ3v) is 3.64. The van der Waals surface area contributed by atoms with Crippen molar-refractivity contribution in [1.82, 2.24) is 4.98 Å². The molecule has 2 rings (SSSR count). The van der Waals surface area contributed by atoms with Crippen molar-refractivity contribution in [3.05, 3.63) is 52.0 Å². The fourth-order valence-corrected chi connectivity index (χ4v) is 2.48. The Balaban J connectivity index is 1.91. The van der Waals surface area contributed by atoms with Crippen molar-refractivity contribution in [3.8, 4) is 0 Å². The summed E-state index contributed by atoms with van der Waals surface area (Å²) in [4.78, 5) is 5.42. The van der Waals surface area contributed by atoms with Gasteiger partial charge >= 0.3 is 0 Å². The highest BCUT2D eigenvalue weighted by atomic mass is 32.1. The van der Waals surface area contributed by atoms with Gasteiger partial charge in [0.05, 0.1) is 5.01 Å². The molecule has 3 heteroatoms. The molecule has 0 amide bonds. The number of rotatable bonds is 4. The Hall–Kier alpha value is -1.19. The zero-order valence-electron chi connectivity index (χ0n) is 9.39. The first kappa shape index (κ1) is 11.3. The number of hydrogen-bond donors (Lipinski definition) is 1. The van der Waals surface area contributed by atoms with Crippen molar-refractivity contribution in [2.45, 2.75) is 25.8 Å². The molecule has 1 aromatic heterocycles. The number of nitrogens with two attached hydrogens (primary N) is 1. The maximum absolute atomic E-state index is 6.13. The molecule has 0 bridgehead atoms. The van der Waals surface area contributed by atoms with E-state index >= 15 is 0 Å². The molecule has 2 N–H and O–H groups in total. The summed E-state index contributed by atoms with van der Waals surface area (Å²) < 4.78 is 0. The summed E-state index contributed by atoms with van der Waals surface area (Å²) in [6, 6.07) is 10.6. The fourth-order valence-electron chi connectivity index (χ4n) is 1.66. The van der Waals surface area contributed by atoms with E-state index in [1.807, 2.05) is 19.2 Å². The van der Waals surface area contributed by atoms with Crippen molar-refractivity contribution in [2.75, 3.05) is 0 Å². The molecule has 1 atom stereocenters. The van der Waals surface area contributed by atoms with E-state index in [1.54, 1.807) is 11.3 Å². The molecule has 2 aromatic rings. The minimum absolute atomic E-state index is 0.117. The lowest BCUT2D eigenvalue weighted by molar-refractivity contribution is 0.661. The van der Waals surface area contributed by atoms with Crippen LogP contribution in [0.1, 0.15) is 27.9 Å². The van der Waals surface area contributed by atoms with Crippen molar-refractivity contribution in [2.24, 2.45) is 5.73 Å². The first-order chi connectivity index (χ1) is 7.75. The third kappa shape index (κ3) is 2.90. The molecule has 2 nitrogen and oxygen atoms in total. The van der Waals surface area contributed by atoms with E-state index in [-0.39, 0.29) is 6.04 Å². The smallest absolute Gasteiger partial charge is 0.0897 e. The Morgan fingerprint density at radius 2 is 2.06 bits per heavy atom. The van der Waals surface area contributed by atoms with Gasteiger partial charge in [-0.1, -0.05) is 30.3 Å². The summed E-state index contributed by atoms with van der Waals surface area (Å²) in [7, 11) is 0. The highest BCUT2D eigenvalue weighted by Crippen LogP contribution is 2.22. The Bertz CT molecular complexity index is 436. The van der Waals surface area contributed by atoms with Gasteiger partial charge in [0.25, 0.3) is 0 Å². The van der Waals surface area contributed by atoms with Crippen LogP contribution in [0.3, 0.4) is 0 Å². The highest BCUT2D eigenvalue weighted by Gasteiger charge is 2.08. The number of hydrogen-bond acceptors (Lipinski definition) is 3. The molecule has 1 unspecified atom stereocenters. The van der Waals surface area contributed by atoms with E-state index in [9.17, 15) is 0 Å². The van der Waals surface area contributed by atoms with Gasteiger partial charge in [0.15, 0.2) is 0 Å². The third-order valence-electron chi connectivity index (χ3n) is 2.59. The maximum atomic E-state index is 6.13. The average molecular weight is 232 g/mol. The van der Waals surface area contributed by atoms with E-state index in [1.165, 1.54) is 10.4 Å². The van der Waals surface area contributed by atoms with Crippen LogP contribution in [0, 0.1) is 6.92 Å². The summed E-state index contributed by atoms with van der Waals surface area (Å²) in [6.07, 6.45) is 3.90. The molecule has 1 heterocycles. The van der Waals surface area contributed by atoms with Crippen LogP contribution >= 0.6 is 11.3 Å². The molecule has 0 spiro atoms. The summed E-state index contributed by atoms with van der Waals surface area (Å²) in [5.74, 6) is 0. The van der Waals surface area contributed by atoms with Gasteiger partial charge in [-0.15, -0.1) is 11.3 Å². The Labute approximate surface area is 100 Å². The van der Waals surface area contributed by atoms with Gasteiger partial charge in [-0.2, -0.15) is 0 Å². The highest BCUT2D eigenvalue weighted by molar-refractivity contribution is 7.11. The van der Waals surface area contributed by atoms with E-state index < -0.39 is 0 Å². The Morgan fingerprint density at radius 1 is 1.31 bits per heavy atom.